The summed E-state index contributed by atoms with van der Waals surface area (Å²) in [7, 11) is 0. The van der Waals surface area contributed by atoms with Crippen LogP contribution in [0.3, 0.4) is 0 Å². The van der Waals surface area contributed by atoms with Gasteiger partial charge in [-0.1, -0.05) is 32.9 Å². The van der Waals surface area contributed by atoms with E-state index in [1.165, 1.54) is 0 Å². The topological polar surface area (TPSA) is 99.0 Å². The molecule has 1 aromatic heterocycles. The SMILES string of the molecule is C=C(NC[C@H](N)CCC)c1[nH]c(C2=CCC(C)(O)CC2)nc1NCCC. The van der Waals surface area contributed by atoms with Crippen LogP contribution in [-0.2, 0) is 0 Å². The van der Waals surface area contributed by atoms with Crippen molar-refractivity contribution in [3.63, 3.8) is 0 Å². The van der Waals surface area contributed by atoms with Crippen LogP contribution in [0.15, 0.2) is 12.7 Å². The summed E-state index contributed by atoms with van der Waals surface area (Å²) in [5, 5.41) is 16.9. The van der Waals surface area contributed by atoms with Gasteiger partial charge in [0.05, 0.1) is 11.3 Å². The first-order valence-electron chi connectivity index (χ1n) is 9.80. The minimum Gasteiger partial charge on any atom is -0.390 e. The highest BCUT2D eigenvalue weighted by Gasteiger charge is 2.26. The highest BCUT2D eigenvalue weighted by molar-refractivity contribution is 5.73. The summed E-state index contributed by atoms with van der Waals surface area (Å²) in [5.41, 5.74) is 8.33. The van der Waals surface area contributed by atoms with Crippen LogP contribution in [-0.4, -0.2) is 39.8 Å². The maximum Gasteiger partial charge on any atom is 0.154 e. The third-order valence-corrected chi connectivity index (χ3v) is 4.81. The Kier molecular flexibility index (Phi) is 7.29. The van der Waals surface area contributed by atoms with Gasteiger partial charge in [0.2, 0.25) is 0 Å². The van der Waals surface area contributed by atoms with Crippen molar-refractivity contribution in [3.05, 3.63) is 24.2 Å². The van der Waals surface area contributed by atoms with Crippen molar-refractivity contribution in [2.45, 2.75) is 70.9 Å². The van der Waals surface area contributed by atoms with Crippen LogP contribution in [0, 0.1) is 0 Å². The molecule has 1 heterocycles. The van der Waals surface area contributed by atoms with Gasteiger partial charge in [-0.25, -0.2) is 4.98 Å². The molecule has 146 valence electrons. The van der Waals surface area contributed by atoms with Crippen LogP contribution in [0.4, 0.5) is 5.82 Å². The van der Waals surface area contributed by atoms with Crippen molar-refractivity contribution in [3.8, 4) is 0 Å². The summed E-state index contributed by atoms with van der Waals surface area (Å²) < 4.78 is 0. The van der Waals surface area contributed by atoms with Crippen molar-refractivity contribution in [2.24, 2.45) is 5.73 Å². The summed E-state index contributed by atoms with van der Waals surface area (Å²) in [6.07, 6.45) is 7.39. The van der Waals surface area contributed by atoms with E-state index < -0.39 is 5.60 Å². The molecule has 0 saturated carbocycles. The van der Waals surface area contributed by atoms with Crippen LogP contribution in [0.1, 0.15) is 70.8 Å². The summed E-state index contributed by atoms with van der Waals surface area (Å²) in [5.74, 6) is 1.68. The Bertz CT molecular complexity index is 632. The Hall–Kier alpha value is -1.79. The maximum absolute atomic E-state index is 10.1. The number of hydrogen-bond donors (Lipinski definition) is 5. The number of nitrogens with one attached hydrogen (secondary N) is 3. The van der Waals surface area contributed by atoms with E-state index in [2.05, 4.69) is 42.1 Å². The predicted molar refractivity (Wildman–Crippen MR) is 110 cm³/mol. The minimum atomic E-state index is -0.608. The van der Waals surface area contributed by atoms with Crippen molar-refractivity contribution in [1.29, 1.82) is 0 Å². The van der Waals surface area contributed by atoms with Crippen molar-refractivity contribution in [2.75, 3.05) is 18.4 Å². The fourth-order valence-corrected chi connectivity index (χ4v) is 3.10. The molecule has 0 amide bonds. The number of nitrogens with two attached hydrogens (primary N) is 1. The second-order valence-corrected chi connectivity index (χ2v) is 7.57. The predicted octanol–water partition coefficient (Wildman–Crippen LogP) is 3.24. The fourth-order valence-electron chi connectivity index (χ4n) is 3.10. The van der Waals surface area contributed by atoms with Crippen molar-refractivity contribution >= 4 is 17.1 Å². The zero-order valence-electron chi connectivity index (χ0n) is 16.5. The Morgan fingerprint density at radius 2 is 2.23 bits per heavy atom. The second kappa shape index (κ2) is 9.24. The first-order valence-corrected chi connectivity index (χ1v) is 9.80. The Morgan fingerprint density at radius 3 is 2.85 bits per heavy atom. The van der Waals surface area contributed by atoms with Gasteiger partial charge in [-0.2, -0.15) is 0 Å². The lowest BCUT2D eigenvalue weighted by Crippen LogP contribution is -2.32. The van der Waals surface area contributed by atoms with Crippen LogP contribution in [0.2, 0.25) is 0 Å². The highest BCUT2D eigenvalue weighted by Crippen LogP contribution is 2.33. The first kappa shape index (κ1) is 20.5. The molecule has 0 aromatic carbocycles. The van der Waals surface area contributed by atoms with E-state index in [9.17, 15) is 5.11 Å². The molecule has 0 aliphatic heterocycles. The largest absolute Gasteiger partial charge is 0.390 e. The van der Waals surface area contributed by atoms with Crippen LogP contribution in [0.5, 0.6) is 0 Å². The molecule has 1 aromatic rings. The van der Waals surface area contributed by atoms with E-state index in [4.69, 9.17) is 10.7 Å². The number of hydrogen-bond acceptors (Lipinski definition) is 5. The van der Waals surface area contributed by atoms with E-state index in [0.29, 0.717) is 13.0 Å². The summed E-state index contributed by atoms with van der Waals surface area (Å²) in [6.45, 7) is 11.9. The van der Waals surface area contributed by atoms with Gasteiger partial charge in [-0.3, -0.25) is 0 Å². The lowest BCUT2D eigenvalue weighted by atomic mass is 9.87. The number of aliphatic hydroxyl groups is 1. The number of rotatable bonds is 10. The average Bonchev–Trinajstić information content (AvgIpc) is 3.02. The lowest BCUT2D eigenvalue weighted by Gasteiger charge is -2.26. The van der Waals surface area contributed by atoms with Crippen LogP contribution < -0.4 is 16.4 Å². The number of H-pyrrole nitrogens is 1. The maximum atomic E-state index is 10.1. The molecule has 2 rings (SSSR count). The zero-order chi connectivity index (χ0) is 19.2. The molecular weight excluding hydrogens is 326 g/mol. The van der Waals surface area contributed by atoms with Gasteiger partial charge in [-0.15, -0.1) is 0 Å². The second-order valence-electron chi connectivity index (χ2n) is 7.57. The molecule has 1 aliphatic carbocycles. The smallest absolute Gasteiger partial charge is 0.154 e. The Morgan fingerprint density at radius 1 is 1.46 bits per heavy atom. The van der Waals surface area contributed by atoms with Gasteiger partial charge in [0.15, 0.2) is 5.82 Å². The Balaban J connectivity index is 2.15. The monoisotopic (exact) mass is 361 g/mol. The van der Waals surface area contributed by atoms with E-state index in [-0.39, 0.29) is 6.04 Å². The van der Waals surface area contributed by atoms with Gasteiger partial charge < -0.3 is 26.5 Å². The zero-order valence-corrected chi connectivity index (χ0v) is 16.5. The van der Waals surface area contributed by atoms with E-state index in [1.54, 1.807) is 0 Å². The fraction of sp³-hybridized carbons (Fsp3) is 0.650. The van der Waals surface area contributed by atoms with E-state index in [1.807, 2.05) is 6.92 Å². The molecule has 26 heavy (non-hydrogen) atoms. The van der Waals surface area contributed by atoms with Gasteiger partial charge in [0.25, 0.3) is 0 Å². The quantitative estimate of drug-likeness (QED) is 0.441. The molecule has 0 fully saturated rings. The van der Waals surface area contributed by atoms with Crippen molar-refractivity contribution in [1.82, 2.24) is 15.3 Å². The lowest BCUT2D eigenvalue weighted by molar-refractivity contribution is 0.0523. The van der Waals surface area contributed by atoms with Crippen LogP contribution >= 0.6 is 0 Å². The van der Waals surface area contributed by atoms with E-state index in [0.717, 1.165) is 67.3 Å². The highest BCUT2D eigenvalue weighted by atomic mass is 16.3. The third-order valence-electron chi connectivity index (χ3n) is 4.81. The van der Waals surface area contributed by atoms with Gasteiger partial charge in [0, 0.05) is 19.1 Å². The molecule has 6 nitrogen and oxygen atoms in total. The normalized spacial score (nSPS) is 21.2. The molecule has 1 unspecified atom stereocenters. The number of aromatic nitrogens is 2. The Labute approximate surface area is 157 Å². The molecular formula is C20H35N5O. The molecule has 6 N–H and O–H groups in total. The van der Waals surface area contributed by atoms with Crippen LogP contribution in [0.25, 0.3) is 11.3 Å². The summed E-state index contributed by atoms with van der Waals surface area (Å²) in [6, 6.07) is 0.120. The number of allylic oxidation sites excluding steroid dienone is 1. The summed E-state index contributed by atoms with van der Waals surface area (Å²) in [4.78, 5) is 8.17. The third kappa shape index (κ3) is 5.61. The number of aromatic amines is 1. The van der Waals surface area contributed by atoms with Gasteiger partial charge in [-0.05, 0) is 44.6 Å². The average molecular weight is 362 g/mol. The summed E-state index contributed by atoms with van der Waals surface area (Å²) >= 11 is 0. The molecule has 0 bridgehead atoms. The number of anilines is 1. The molecule has 0 spiro atoms. The van der Waals surface area contributed by atoms with Crippen molar-refractivity contribution < 1.29 is 5.11 Å². The molecule has 6 heteroatoms. The molecule has 1 aliphatic rings. The number of imidazole rings is 1. The number of nitrogens with zero attached hydrogens (tertiary/aromatic N) is 1. The molecule has 0 saturated heterocycles. The van der Waals surface area contributed by atoms with Gasteiger partial charge >= 0.3 is 0 Å². The first-order chi connectivity index (χ1) is 12.4. The van der Waals surface area contributed by atoms with E-state index >= 15 is 0 Å². The standard InChI is InChI=1S/C20H35N5O/c1-5-7-16(21)13-23-14(3)17-19(22-12-6-2)25-18(24-17)15-8-10-20(4,26)11-9-15/h8,16,22-23,26H,3,5-7,9-13,21H2,1-2,4H3,(H,24,25)/t16-,20?/m1/s1. The molecule has 2 atom stereocenters. The molecule has 0 radical (unpaired) electrons. The van der Waals surface area contributed by atoms with Gasteiger partial charge in [0.1, 0.15) is 11.5 Å². The minimum absolute atomic E-state index is 0.120.